The van der Waals surface area contributed by atoms with Crippen LogP contribution >= 0.6 is 0 Å². The third-order valence-corrected chi connectivity index (χ3v) is 5.53. The molecule has 0 aliphatic carbocycles. The lowest BCUT2D eigenvalue weighted by Crippen LogP contribution is -2.39. The van der Waals surface area contributed by atoms with Gasteiger partial charge in [-0.25, -0.2) is 8.42 Å². The van der Waals surface area contributed by atoms with Crippen molar-refractivity contribution < 1.29 is 18.3 Å². The first-order valence-electron chi connectivity index (χ1n) is 6.77. The van der Waals surface area contributed by atoms with Gasteiger partial charge in [0.25, 0.3) is 0 Å². The van der Waals surface area contributed by atoms with Crippen LogP contribution in [0.25, 0.3) is 0 Å². The fourth-order valence-corrected chi connectivity index (χ4v) is 4.33. The van der Waals surface area contributed by atoms with E-state index in [0.717, 1.165) is 12.8 Å². The Morgan fingerprint density at radius 2 is 2.20 bits per heavy atom. The largest absolute Gasteiger partial charge is 0.495 e. The van der Waals surface area contributed by atoms with Crippen LogP contribution in [0.2, 0.25) is 0 Å². The highest BCUT2D eigenvalue weighted by atomic mass is 32.2. The highest BCUT2D eigenvalue weighted by molar-refractivity contribution is 7.89. The van der Waals surface area contributed by atoms with Gasteiger partial charge < -0.3 is 9.84 Å². The number of ether oxygens (including phenoxy) is 1. The van der Waals surface area contributed by atoms with Gasteiger partial charge in [0.05, 0.1) is 13.7 Å². The van der Waals surface area contributed by atoms with Crippen LogP contribution in [0.1, 0.15) is 25.3 Å². The van der Waals surface area contributed by atoms with Crippen molar-refractivity contribution in [3.63, 3.8) is 0 Å². The molecule has 1 heterocycles. The van der Waals surface area contributed by atoms with Gasteiger partial charge in [0.15, 0.2) is 0 Å². The van der Waals surface area contributed by atoms with Crippen LogP contribution in [-0.2, 0) is 16.6 Å². The summed E-state index contributed by atoms with van der Waals surface area (Å²) in [5.74, 6) is 0.686. The lowest BCUT2D eigenvalue weighted by molar-refractivity contribution is 0.277. The van der Waals surface area contributed by atoms with E-state index in [-0.39, 0.29) is 11.5 Å². The molecule has 1 unspecified atom stereocenters. The molecule has 1 N–H and O–H groups in total. The molecule has 5 nitrogen and oxygen atoms in total. The molecular formula is C14H21NO4S. The molecule has 2 rings (SSSR count). The summed E-state index contributed by atoms with van der Waals surface area (Å²) in [5, 5.41) is 9.19. The molecule has 1 aliphatic heterocycles. The number of nitrogens with zero attached hydrogens (tertiary/aromatic N) is 1. The Morgan fingerprint density at radius 1 is 1.45 bits per heavy atom. The molecule has 112 valence electrons. The first kappa shape index (κ1) is 15.3. The van der Waals surface area contributed by atoms with E-state index < -0.39 is 10.0 Å². The first-order valence-corrected chi connectivity index (χ1v) is 8.21. The molecule has 0 spiro atoms. The van der Waals surface area contributed by atoms with Gasteiger partial charge in [-0.3, -0.25) is 0 Å². The Hall–Kier alpha value is -1.11. The highest BCUT2D eigenvalue weighted by Crippen LogP contribution is 2.30. The summed E-state index contributed by atoms with van der Waals surface area (Å²) >= 11 is 0. The summed E-state index contributed by atoms with van der Waals surface area (Å²) in [4.78, 5) is 0.139. The second-order valence-electron chi connectivity index (χ2n) is 5.25. The highest BCUT2D eigenvalue weighted by Gasteiger charge is 2.31. The lowest BCUT2D eigenvalue weighted by Gasteiger charge is -2.30. The van der Waals surface area contributed by atoms with E-state index in [0.29, 0.717) is 30.3 Å². The van der Waals surface area contributed by atoms with E-state index in [1.165, 1.54) is 17.5 Å². The van der Waals surface area contributed by atoms with Gasteiger partial charge in [0.2, 0.25) is 10.0 Å². The molecule has 1 aromatic rings. The van der Waals surface area contributed by atoms with E-state index in [4.69, 9.17) is 4.74 Å². The van der Waals surface area contributed by atoms with E-state index in [2.05, 4.69) is 6.92 Å². The number of hydrogen-bond donors (Lipinski definition) is 1. The molecule has 0 bridgehead atoms. The maximum absolute atomic E-state index is 12.7. The van der Waals surface area contributed by atoms with Gasteiger partial charge in [-0.1, -0.05) is 13.0 Å². The van der Waals surface area contributed by atoms with Crippen molar-refractivity contribution in [1.29, 1.82) is 0 Å². The van der Waals surface area contributed by atoms with Crippen molar-refractivity contribution in [1.82, 2.24) is 4.31 Å². The number of aliphatic hydroxyl groups excluding tert-OH is 1. The van der Waals surface area contributed by atoms with Gasteiger partial charge in [-0.2, -0.15) is 4.31 Å². The summed E-state index contributed by atoms with van der Waals surface area (Å²) in [5.41, 5.74) is 0.564. The second-order valence-corrected chi connectivity index (χ2v) is 7.16. The molecule has 1 atom stereocenters. The average Bonchev–Trinajstić information content (AvgIpc) is 2.46. The molecule has 1 aromatic carbocycles. The molecule has 0 amide bonds. The van der Waals surface area contributed by atoms with Crippen molar-refractivity contribution in [3.05, 3.63) is 23.8 Å². The van der Waals surface area contributed by atoms with E-state index in [1.54, 1.807) is 12.1 Å². The minimum Gasteiger partial charge on any atom is -0.495 e. The zero-order chi connectivity index (χ0) is 14.8. The van der Waals surface area contributed by atoms with Crippen molar-refractivity contribution in [2.75, 3.05) is 20.2 Å². The zero-order valence-corrected chi connectivity index (χ0v) is 12.7. The van der Waals surface area contributed by atoms with Crippen LogP contribution in [-0.4, -0.2) is 38.0 Å². The third-order valence-electron chi connectivity index (χ3n) is 3.65. The Bertz CT molecular complexity index is 571. The fourth-order valence-electron chi connectivity index (χ4n) is 2.52. The summed E-state index contributed by atoms with van der Waals surface area (Å²) in [6.45, 7) is 2.94. The van der Waals surface area contributed by atoms with Crippen molar-refractivity contribution >= 4 is 10.0 Å². The molecule has 1 fully saturated rings. The lowest BCUT2D eigenvalue weighted by atomic mass is 10.0. The van der Waals surface area contributed by atoms with Crippen LogP contribution in [0.3, 0.4) is 0 Å². The number of methoxy groups -OCH3 is 1. The van der Waals surface area contributed by atoms with Gasteiger partial charge in [0, 0.05) is 13.1 Å². The summed E-state index contributed by atoms with van der Waals surface area (Å²) < 4.78 is 32.2. The number of sulfonamides is 1. The van der Waals surface area contributed by atoms with Gasteiger partial charge in [-0.05, 0) is 36.5 Å². The van der Waals surface area contributed by atoms with Crippen LogP contribution < -0.4 is 4.74 Å². The smallest absolute Gasteiger partial charge is 0.246 e. The molecule has 20 heavy (non-hydrogen) atoms. The normalized spacial score (nSPS) is 20.9. The Labute approximate surface area is 120 Å². The quantitative estimate of drug-likeness (QED) is 0.917. The number of hydrogen-bond acceptors (Lipinski definition) is 4. The van der Waals surface area contributed by atoms with Gasteiger partial charge >= 0.3 is 0 Å². The molecule has 6 heteroatoms. The summed E-state index contributed by atoms with van der Waals surface area (Å²) in [6, 6.07) is 4.75. The van der Waals surface area contributed by atoms with Gasteiger partial charge in [0.1, 0.15) is 10.6 Å². The monoisotopic (exact) mass is 299 g/mol. The van der Waals surface area contributed by atoms with Crippen molar-refractivity contribution in [2.45, 2.75) is 31.3 Å². The standard InChI is InChI=1S/C14H21NO4S/c1-11-4-3-7-15(9-11)20(17,18)14-8-12(10-16)5-6-13(14)19-2/h5-6,8,11,16H,3-4,7,9-10H2,1-2H3. The van der Waals surface area contributed by atoms with Crippen LogP contribution in [0.5, 0.6) is 5.75 Å². The van der Waals surface area contributed by atoms with Crippen molar-refractivity contribution in [2.24, 2.45) is 5.92 Å². The number of piperidine rings is 1. The predicted molar refractivity (Wildman–Crippen MR) is 76.1 cm³/mol. The van der Waals surface area contributed by atoms with E-state index >= 15 is 0 Å². The fraction of sp³-hybridized carbons (Fsp3) is 0.571. The average molecular weight is 299 g/mol. The topological polar surface area (TPSA) is 66.8 Å². The molecular weight excluding hydrogens is 278 g/mol. The van der Waals surface area contributed by atoms with Crippen LogP contribution in [0.4, 0.5) is 0 Å². The summed E-state index contributed by atoms with van der Waals surface area (Å²) in [7, 11) is -2.12. The number of rotatable bonds is 4. The van der Waals surface area contributed by atoms with Gasteiger partial charge in [-0.15, -0.1) is 0 Å². The minimum absolute atomic E-state index is 0.139. The molecule has 0 aromatic heterocycles. The van der Waals surface area contributed by atoms with Crippen molar-refractivity contribution in [3.8, 4) is 5.75 Å². The maximum atomic E-state index is 12.7. The molecule has 1 saturated heterocycles. The first-order chi connectivity index (χ1) is 9.48. The second kappa shape index (κ2) is 6.11. The Kier molecular flexibility index (Phi) is 4.67. The molecule has 1 aliphatic rings. The van der Waals surface area contributed by atoms with Crippen LogP contribution in [0, 0.1) is 5.92 Å². The predicted octanol–water partition coefficient (Wildman–Crippen LogP) is 1.61. The zero-order valence-electron chi connectivity index (χ0n) is 11.9. The molecule has 0 radical (unpaired) electrons. The molecule has 0 saturated carbocycles. The Morgan fingerprint density at radius 3 is 2.80 bits per heavy atom. The SMILES string of the molecule is COc1ccc(CO)cc1S(=O)(=O)N1CCCC(C)C1. The number of aliphatic hydroxyl groups is 1. The summed E-state index contributed by atoms with van der Waals surface area (Å²) in [6.07, 6.45) is 1.93. The van der Waals surface area contributed by atoms with E-state index in [9.17, 15) is 13.5 Å². The third kappa shape index (κ3) is 2.97. The maximum Gasteiger partial charge on any atom is 0.246 e. The van der Waals surface area contributed by atoms with Crippen LogP contribution in [0.15, 0.2) is 23.1 Å². The number of benzene rings is 1. The van der Waals surface area contributed by atoms with E-state index in [1.807, 2.05) is 0 Å². The minimum atomic E-state index is -3.57. The Balaban J connectivity index is 2.42.